The molecule has 1 fully saturated rings. The van der Waals surface area contributed by atoms with E-state index in [0.29, 0.717) is 43.8 Å². The summed E-state index contributed by atoms with van der Waals surface area (Å²) in [6.07, 6.45) is 3.90. The Morgan fingerprint density at radius 1 is 0.836 bits per heavy atom. The Hall–Kier alpha value is -6.15. The van der Waals surface area contributed by atoms with Gasteiger partial charge in [0.05, 0.1) is 21.7 Å². The summed E-state index contributed by atoms with van der Waals surface area (Å²) in [5, 5.41) is 23.1. The highest BCUT2D eigenvalue weighted by molar-refractivity contribution is 6.42. The molecule has 1 saturated carbocycles. The fourth-order valence-electron chi connectivity index (χ4n) is 8.50. The van der Waals surface area contributed by atoms with E-state index in [1.807, 2.05) is 54.6 Å². The first kappa shape index (κ1) is 41.6. The number of ether oxygens (including phenoxy) is 2. The van der Waals surface area contributed by atoms with Crippen molar-refractivity contribution in [3.05, 3.63) is 152 Å². The third-order valence-electron chi connectivity index (χ3n) is 11.9. The summed E-state index contributed by atoms with van der Waals surface area (Å²) in [5.41, 5.74) is 6.97. The number of nitrogens with zero attached hydrogens (tertiary/aromatic N) is 2. The molecule has 2 aliphatic heterocycles. The zero-order valence-electron chi connectivity index (χ0n) is 33.2. The molecule has 2 amide bonds. The van der Waals surface area contributed by atoms with Crippen molar-refractivity contribution in [2.45, 2.75) is 82.7 Å². The standard InChI is InChI=1S/C49H43Cl2N3O7/c50-40-19-10-31(20-41(40)51)28-60-39-17-15-34(16-18-39)46-44(55)24-37-22-36-23-43(54(27-38(36)25-45(37)61-46)48(57)35-4-2-1-3-5-35)47(56)53-42(49(58)59)21-29-6-11-32(12-7-29)33-13-8-30(26-52)9-14-33/h6-20,22,25,35,42-43,46H,1-5,21,23-24,27-28H2,(H,53,56)(H,58,59)/t42-,43-,46?/m0/s1. The number of carbonyl (C=O) groups excluding carboxylic acids is 3. The van der Waals surface area contributed by atoms with Crippen molar-refractivity contribution in [2.24, 2.45) is 5.92 Å². The lowest BCUT2D eigenvalue weighted by molar-refractivity contribution is -0.147. The van der Waals surface area contributed by atoms with E-state index in [2.05, 4.69) is 11.4 Å². The van der Waals surface area contributed by atoms with Gasteiger partial charge in [0.15, 0.2) is 11.9 Å². The smallest absolute Gasteiger partial charge is 0.326 e. The second-order valence-electron chi connectivity index (χ2n) is 16.0. The molecular formula is C49H43Cl2N3O7. The molecule has 3 atom stereocenters. The van der Waals surface area contributed by atoms with Crippen LogP contribution in [0.2, 0.25) is 10.0 Å². The zero-order valence-corrected chi connectivity index (χ0v) is 34.8. The van der Waals surface area contributed by atoms with E-state index in [0.717, 1.165) is 59.9 Å². The minimum atomic E-state index is -1.24. The third-order valence-corrected chi connectivity index (χ3v) is 12.6. The van der Waals surface area contributed by atoms with Crippen LogP contribution in [-0.2, 0) is 51.6 Å². The Kier molecular flexibility index (Phi) is 12.4. The van der Waals surface area contributed by atoms with Gasteiger partial charge in [0.2, 0.25) is 11.8 Å². The van der Waals surface area contributed by atoms with Crippen molar-refractivity contribution < 1.29 is 33.8 Å². The first-order chi connectivity index (χ1) is 29.5. The van der Waals surface area contributed by atoms with Crippen LogP contribution in [0.25, 0.3) is 11.1 Å². The summed E-state index contributed by atoms with van der Waals surface area (Å²) in [7, 11) is 0. The Morgan fingerprint density at radius 2 is 1.52 bits per heavy atom. The molecule has 0 saturated heterocycles. The lowest BCUT2D eigenvalue weighted by Crippen LogP contribution is -2.57. The number of carbonyl (C=O) groups is 4. The van der Waals surface area contributed by atoms with E-state index in [-0.39, 0.29) is 50.0 Å². The van der Waals surface area contributed by atoms with Gasteiger partial charge >= 0.3 is 5.97 Å². The molecule has 3 aliphatic rings. The summed E-state index contributed by atoms with van der Waals surface area (Å²) in [6, 6.07) is 30.8. The lowest BCUT2D eigenvalue weighted by Gasteiger charge is -2.39. The van der Waals surface area contributed by atoms with Gasteiger partial charge in [0, 0.05) is 42.9 Å². The van der Waals surface area contributed by atoms with Crippen LogP contribution in [0.3, 0.4) is 0 Å². The van der Waals surface area contributed by atoms with Crippen LogP contribution >= 0.6 is 23.2 Å². The van der Waals surface area contributed by atoms with Crippen molar-refractivity contribution in [3.63, 3.8) is 0 Å². The maximum Gasteiger partial charge on any atom is 0.326 e. The molecule has 0 bridgehead atoms. The maximum absolute atomic E-state index is 14.2. The summed E-state index contributed by atoms with van der Waals surface area (Å²) < 4.78 is 12.3. The summed E-state index contributed by atoms with van der Waals surface area (Å²) in [4.78, 5) is 56.2. The first-order valence-corrected chi connectivity index (χ1v) is 21.2. The van der Waals surface area contributed by atoms with E-state index >= 15 is 0 Å². The van der Waals surface area contributed by atoms with Gasteiger partial charge in [-0.3, -0.25) is 14.4 Å². The Bertz CT molecular complexity index is 2510. The van der Waals surface area contributed by atoms with E-state index in [4.69, 9.17) is 37.9 Å². The molecule has 0 spiro atoms. The fourth-order valence-corrected chi connectivity index (χ4v) is 8.82. The van der Waals surface area contributed by atoms with Gasteiger partial charge < -0.3 is 24.8 Å². The van der Waals surface area contributed by atoms with E-state index in [9.17, 15) is 24.3 Å². The van der Waals surface area contributed by atoms with Gasteiger partial charge in [-0.1, -0.05) is 103 Å². The molecule has 310 valence electrons. The molecule has 0 radical (unpaired) electrons. The zero-order chi connectivity index (χ0) is 42.6. The van der Waals surface area contributed by atoms with E-state index in [1.165, 1.54) is 0 Å². The molecule has 5 aromatic rings. The normalized spacial score (nSPS) is 17.9. The maximum atomic E-state index is 14.2. The summed E-state index contributed by atoms with van der Waals surface area (Å²) in [6.45, 7) is 0.436. The van der Waals surface area contributed by atoms with Gasteiger partial charge in [0.1, 0.15) is 30.2 Å². The number of benzene rings is 5. The van der Waals surface area contributed by atoms with Crippen LogP contribution in [0, 0.1) is 17.2 Å². The Morgan fingerprint density at radius 3 is 2.20 bits per heavy atom. The number of nitrogens with one attached hydrogen (secondary N) is 1. The number of halogens is 2. The van der Waals surface area contributed by atoms with Crippen LogP contribution in [0.4, 0.5) is 0 Å². The van der Waals surface area contributed by atoms with Crippen LogP contribution in [-0.4, -0.2) is 45.7 Å². The number of Topliss-reactive ketones (excluding diaryl/α,β-unsaturated/α-hetero) is 1. The van der Waals surface area contributed by atoms with Crippen molar-refractivity contribution >= 4 is 46.8 Å². The number of hydrogen-bond donors (Lipinski definition) is 2. The lowest BCUT2D eigenvalue weighted by atomic mass is 9.85. The topological polar surface area (TPSA) is 146 Å². The van der Waals surface area contributed by atoms with E-state index < -0.39 is 30.1 Å². The summed E-state index contributed by atoms with van der Waals surface area (Å²) >= 11 is 12.2. The van der Waals surface area contributed by atoms with Gasteiger partial charge in [-0.2, -0.15) is 5.26 Å². The second-order valence-corrected chi connectivity index (χ2v) is 16.8. The Balaban J connectivity index is 0.981. The highest BCUT2D eigenvalue weighted by Gasteiger charge is 2.40. The van der Waals surface area contributed by atoms with Crippen molar-refractivity contribution in [1.29, 1.82) is 5.26 Å². The molecule has 1 unspecified atom stereocenters. The average Bonchev–Trinajstić information content (AvgIpc) is 3.28. The minimum Gasteiger partial charge on any atom is -0.489 e. The molecule has 2 N–H and O–H groups in total. The molecule has 0 aromatic heterocycles. The predicted octanol–water partition coefficient (Wildman–Crippen LogP) is 9.00. The summed E-state index contributed by atoms with van der Waals surface area (Å²) in [5.74, 6) is -1.01. The number of carboxylic acid groups (broad SMARTS) is 1. The molecule has 5 aromatic carbocycles. The number of amides is 2. The van der Waals surface area contributed by atoms with Crippen molar-refractivity contribution in [3.8, 4) is 28.7 Å². The van der Waals surface area contributed by atoms with Gasteiger partial charge in [-0.25, -0.2) is 4.79 Å². The van der Waals surface area contributed by atoms with E-state index in [1.54, 1.807) is 53.4 Å². The van der Waals surface area contributed by atoms with Gasteiger partial charge in [-0.05, 0) is 88.7 Å². The SMILES string of the molecule is N#Cc1ccc(-c2ccc(C[C@H](NC(=O)[C@@H]3Cc4cc5c(cc4CN3C(=O)C3CCCCC3)OC(c3ccc(OCc4ccc(Cl)c(Cl)c4)cc3)C(=O)C5)C(=O)O)cc2)cc1. The number of carboxylic acids is 1. The number of rotatable bonds is 11. The molecule has 8 rings (SSSR count). The van der Waals surface area contributed by atoms with Crippen molar-refractivity contribution in [1.82, 2.24) is 10.2 Å². The van der Waals surface area contributed by atoms with Crippen molar-refractivity contribution in [2.75, 3.05) is 0 Å². The van der Waals surface area contributed by atoms with Crippen LogP contribution in [0.1, 0.15) is 77.2 Å². The highest BCUT2D eigenvalue weighted by atomic mass is 35.5. The molecule has 1 aliphatic carbocycles. The third kappa shape index (κ3) is 9.44. The number of hydrogen-bond acceptors (Lipinski definition) is 7. The largest absolute Gasteiger partial charge is 0.489 e. The first-order valence-electron chi connectivity index (χ1n) is 20.5. The number of ketones is 1. The number of nitriles is 1. The highest BCUT2D eigenvalue weighted by Crippen LogP contribution is 2.39. The van der Waals surface area contributed by atoms with Gasteiger partial charge in [-0.15, -0.1) is 0 Å². The van der Waals surface area contributed by atoms with Gasteiger partial charge in [0.25, 0.3) is 0 Å². The minimum absolute atomic E-state index is 0.0389. The quantitative estimate of drug-likeness (QED) is 0.134. The second kappa shape index (κ2) is 18.2. The molecule has 12 heteroatoms. The monoisotopic (exact) mass is 855 g/mol. The molecule has 61 heavy (non-hydrogen) atoms. The van der Waals surface area contributed by atoms with Crippen LogP contribution in [0.15, 0.2) is 103 Å². The molecule has 10 nitrogen and oxygen atoms in total. The van der Waals surface area contributed by atoms with Crippen LogP contribution < -0.4 is 14.8 Å². The predicted molar refractivity (Wildman–Crippen MR) is 230 cm³/mol. The fraction of sp³-hybridized carbons (Fsp3) is 0.286. The number of aliphatic carboxylic acids is 1. The van der Waals surface area contributed by atoms with Crippen LogP contribution in [0.5, 0.6) is 11.5 Å². The molecular weight excluding hydrogens is 813 g/mol. The Labute approximate surface area is 364 Å². The average molecular weight is 857 g/mol. The number of fused-ring (bicyclic) bond motifs is 2. The molecule has 2 heterocycles.